The third kappa shape index (κ3) is 2.02. The lowest BCUT2D eigenvalue weighted by atomic mass is 9.75. The number of hydrazine groups is 1. The molecule has 5 nitrogen and oxygen atoms in total. The van der Waals surface area contributed by atoms with Crippen LogP contribution in [0, 0.1) is 0 Å². The standard InChI is InChI=1S/C10H17N5/c1-2-10(4-3-5-10)14-8-6-12-7-9(13-8)15-11/h6-7H,2-5,11H2,1H3,(H2,13,14,15). The molecule has 0 saturated heterocycles. The number of rotatable bonds is 4. The molecule has 0 amide bonds. The Morgan fingerprint density at radius 3 is 2.67 bits per heavy atom. The first-order valence-electron chi connectivity index (χ1n) is 5.35. The average Bonchev–Trinajstić information content (AvgIpc) is 2.24. The van der Waals surface area contributed by atoms with E-state index in [9.17, 15) is 0 Å². The summed E-state index contributed by atoms with van der Waals surface area (Å²) >= 11 is 0. The number of nitrogen functional groups attached to an aromatic ring is 1. The van der Waals surface area contributed by atoms with Crippen LogP contribution in [0.25, 0.3) is 0 Å². The summed E-state index contributed by atoms with van der Waals surface area (Å²) in [6.07, 6.45) is 8.18. The zero-order chi connectivity index (χ0) is 10.7. The van der Waals surface area contributed by atoms with Crippen molar-refractivity contribution in [3.63, 3.8) is 0 Å². The van der Waals surface area contributed by atoms with Crippen molar-refractivity contribution in [1.29, 1.82) is 0 Å². The highest BCUT2D eigenvalue weighted by Crippen LogP contribution is 2.37. The van der Waals surface area contributed by atoms with Gasteiger partial charge in [-0.25, -0.2) is 10.8 Å². The fourth-order valence-electron chi connectivity index (χ4n) is 1.94. The summed E-state index contributed by atoms with van der Waals surface area (Å²) in [7, 11) is 0. The lowest BCUT2D eigenvalue weighted by Crippen LogP contribution is -2.44. The Balaban J connectivity index is 2.09. The second-order valence-electron chi connectivity index (χ2n) is 4.05. The summed E-state index contributed by atoms with van der Waals surface area (Å²) in [4.78, 5) is 8.36. The number of hydrogen-bond acceptors (Lipinski definition) is 5. The van der Waals surface area contributed by atoms with Crippen molar-refractivity contribution in [1.82, 2.24) is 9.97 Å². The molecule has 0 aliphatic heterocycles. The Morgan fingerprint density at radius 1 is 1.40 bits per heavy atom. The van der Waals surface area contributed by atoms with E-state index < -0.39 is 0 Å². The van der Waals surface area contributed by atoms with Crippen molar-refractivity contribution in [3.05, 3.63) is 12.4 Å². The number of anilines is 2. The largest absolute Gasteiger partial charge is 0.363 e. The van der Waals surface area contributed by atoms with E-state index in [2.05, 4.69) is 27.6 Å². The number of nitrogens with two attached hydrogens (primary N) is 1. The maximum absolute atomic E-state index is 5.28. The maximum atomic E-state index is 5.28. The summed E-state index contributed by atoms with van der Waals surface area (Å²) in [5, 5.41) is 3.45. The summed E-state index contributed by atoms with van der Waals surface area (Å²) in [6.45, 7) is 2.20. The highest BCUT2D eigenvalue weighted by Gasteiger charge is 2.35. The van der Waals surface area contributed by atoms with Gasteiger partial charge >= 0.3 is 0 Å². The average molecular weight is 207 g/mol. The number of hydrogen-bond donors (Lipinski definition) is 3. The number of aromatic nitrogens is 2. The molecule has 1 heterocycles. The zero-order valence-corrected chi connectivity index (χ0v) is 8.95. The molecule has 1 fully saturated rings. The van der Waals surface area contributed by atoms with Gasteiger partial charge in [0.15, 0.2) is 5.82 Å². The van der Waals surface area contributed by atoms with Gasteiger partial charge in [0.2, 0.25) is 0 Å². The van der Waals surface area contributed by atoms with E-state index in [1.165, 1.54) is 19.3 Å². The van der Waals surface area contributed by atoms with Crippen LogP contribution >= 0.6 is 0 Å². The second kappa shape index (κ2) is 4.02. The minimum atomic E-state index is 0.238. The molecule has 0 aromatic carbocycles. The van der Waals surface area contributed by atoms with Crippen molar-refractivity contribution >= 4 is 11.6 Å². The van der Waals surface area contributed by atoms with Crippen LogP contribution in [0.4, 0.5) is 11.6 Å². The van der Waals surface area contributed by atoms with Gasteiger partial charge < -0.3 is 10.7 Å². The van der Waals surface area contributed by atoms with Gasteiger partial charge in [-0.05, 0) is 25.7 Å². The summed E-state index contributed by atoms with van der Waals surface area (Å²) in [5.41, 5.74) is 2.73. The van der Waals surface area contributed by atoms with E-state index in [0.29, 0.717) is 5.82 Å². The van der Waals surface area contributed by atoms with Gasteiger partial charge in [-0.3, -0.25) is 4.98 Å². The topological polar surface area (TPSA) is 75.9 Å². The second-order valence-corrected chi connectivity index (χ2v) is 4.05. The molecule has 1 aliphatic carbocycles. The first-order valence-corrected chi connectivity index (χ1v) is 5.35. The van der Waals surface area contributed by atoms with E-state index in [1.54, 1.807) is 12.4 Å². The van der Waals surface area contributed by atoms with Gasteiger partial charge in [0.1, 0.15) is 5.82 Å². The van der Waals surface area contributed by atoms with Crippen LogP contribution in [0.3, 0.4) is 0 Å². The maximum Gasteiger partial charge on any atom is 0.160 e. The number of nitrogens with one attached hydrogen (secondary N) is 2. The van der Waals surface area contributed by atoms with Crippen LogP contribution in [0.2, 0.25) is 0 Å². The normalized spacial score (nSPS) is 18.0. The smallest absolute Gasteiger partial charge is 0.160 e. The molecular formula is C10H17N5. The van der Waals surface area contributed by atoms with E-state index in [4.69, 9.17) is 5.84 Å². The van der Waals surface area contributed by atoms with Crippen molar-refractivity contribution < 1.29 is 0 Å². The van der Waals surface area contributed by atoms with Crippen LogP contribution < -0.4 is 16.6 Å². The van der Waals surface area contributed by atoms with Gasteiger partial charge in [0.05, 0.1) is 12.4 Å². The first kappa shape index (κ1) is 10.2. The SMILES string of the molecule is CCC1(Nc2cncc(NN)n2)CCC1. The molecule has 1 aromatic rings. The molecule has 0 bridgehead atoms. The molecule has 1 aliphatic rings. The van der Waals surface area contributed by atoms with Gasteiger partial charge in [-0.1, -0.05) is 6.92 Å². The Morgan fingerprint density at radius 2 is 2.13 bits per heavy atom. The van der Waals surface area contributed by atoms with E-state index in [-0.39, 0.29) is 5.54 Å². The molecule has 5 heteroatoms. The minimum absolute atomic E-state index is 0.238. The van der Waals surface area contributed by atoms with E-state index >= 15 is 0 Å². The molecule has 0 spiro atoms. The molecular weight excluding hydrogens is 190 g/mol. The molecule has 1 aromatic heterocycles. The predicted octanol–water partition coefficient (Wildman–Crippen LogP) is 1.51. The summed E-state index contributed by atoms with van der Waals surface area (Å²) < 4.78 is 0. The Bertz CT molecular complexity index is 329. The van der Waals surface area contributed by atoms with Crippen molar-refractivity contribution in [3.8, 4) is 0 Å². The van der Waals surface area contributed by atoms with Crippen molar-refractivity contribution in [2.24, 2.45) is 5.84 Å². The molecule has 2 rings (SSSR count). The predicted molar refractivity (Wildman–Crippen MR) is 60.3 cm³/mol. The molecule has 0 atom stereocenters. The van der Waals surface area contributed by atoms with Crippen LogP contribution in [0.15, 0.2) is 12.4 Å². The fraction of sp³-hybridized carbons (Fsp3) is 0.600. The number of nitrogens with zero attached hydrogens (tertiary/aromatic N) is 2. The van der Waals surface area contributed by atoms with Crippen LogP contribution in [0.1, 0.15) is 32.6 Å². The van der Waals surface area contributed by atoms with Gasteiger partial charge in [-0.15, -0.1) is 0 Å². The third-order valence-electron chi connectivity index (χ3n) is 3.16. The first-order chi connectivity index (χ1) is 7.28. The summed E-state index contributed by atoms with van der Waals surface area (Å²) in [6, 6.07) is 0. The Kier molecular flexibility index (Phi) is 2.73. The third-order valence-corrected chi connectivity index (χ3v) is 3.16. The lowest BCUT2D eigenvalue weighted by Gasteiger charge is -2.42. The van der Waals surface area contributed by atoms with Crippen LogP contribution in [0.5, 0.6) is 0 Å². The quantitative estimate of drug-likeness (QED) is 0.515. The molecule has 0 unspecified atom stereocenters. The van der Waals surface area contributed by atoms with E-state index in [1.807, 2.05) is 0 Å². The monoisotopic (exact) mass is 207 g/mol. The zero-order valence-electron chi connectivity index (χ0n) is 8.95. The molecule has 15 heavy (non-hydrogen) atoms. The van der Waals surface area contributed by atoms with Gasteiger partial charge in [-0.2, -0.15) is 0 Å². The van der Waals surface area contributed by atoms with Crippen molar-refractivity contribution in [2.75, 3.05) is 10.7 Å². The molecule has 4 N–H and O–H groups in total. The summed E-state index contributed by atoms with van der Waals surface area (Å²) in [5.74, 6) is 6.67. The minimum Gasteiger partial charge on any atom is -0.363 e. The fourth-order valence-corrected chi connectivity index (χ4v) is 1.94. The molecule has 1 saturated carbocycles. The molecule has 82 valence electrons. The Labute approximate surface area is 89.5 Å². The highest BCUT2D eigenvalue weighted by atomic mass is 15.3. The van der Waals surface area contributed by atoms with Gasteiger partial charge in [0.25, 0.3) is 0 Å². The Hall–Kier alpha value is -1.36. The van der Waals surface area contributed by atoms with Gasteiger partial charge in [0, 0.05) is 5.54 Å². The highest BCUT2D eigenvalue weighted by molar-refractivity contribution is 5.43. The lowest BCUT2D eigenvalue weighted by molar-refractivity contribution is 0.269. The molecule has 0 radical (unpaired) electrons. The van der Waals surface area contributed by atoms with Crippen LogP contribution in [-0.2, 0) is 0 Å². The van der Waals surface area contributed by atoms with E-state index in [0.717, 1.165) is 12.2 Å². The van der Waals surface area contributed by atoms with Crippen LogP contribution in [-0.4, -0.2) is 15.5 Å². The van der Waals surface area contributed by atoms with Crippen molar-refractivity contribution in [2.45, 2.75) is 38.1 Å².